The van der Waals surface area contributed by atoms with E-state index in [2.05, 4.69) is 39.8 Å². The van der Waals surface area contributed by atoms with Gasteiger partial charge in [-0.3, -0.25) is 9.59 Å². The molecule has 4 aromatic carbocycles. The third-order valence-corrected chi connectivity index (χ3v) is 7.82. The predicted octanol–water partition coefficient (Wildman–Crippen LogP) is 7.39. The van der Waals surface area contributed by atoms with Gasteiger partial charge in [-0.15, -0.1) is 0 Å². The number of amides is 2. The number of carbonyl (C=O) groups excluding carboxylic acids is 2. The van der Waals surface area contributed by atoms with Gasteiger partial charge in [0.05, 0.1) is 11.1 Å². The Morgan fingerprint density at radius 3 is 2.12 bits per heavy atom. The lowest BCUT2D eigenvalue weighted by Crippen LogP contribution is -2.36. The Labute approximate surface area is 249 Å². The topological polar surface area (TPSA) is 61.4 Å². The van der Waals surface area contributed by atoms with Crippen LogP contribution in [0.15, 0.2) is 103 Å². The molecule has 1 heterocycles. The molecule has 4 aromatic rings. The molecular weight excluding hydrogens is 551 g/mol. The Morgan fingerprint density at radius 2 is 1.44 bits per heavy atom. The molecule has 0 radical (unpaired) electrons. The average Bonchev–Trinajstić information content (AvgIpc) is 3.02. The first-order valence-electron chi connectivity index (χ1n) is 14.5. The molecule has 2 N–H and O–H groups in total. The van der Waals surface area contributed by atoms with Crippen molar-refractivity contribution >= 4 is 23.2 Å². The summed E-state index contributed by atoms with van der Waals surface area (Å²) < 4.78 is 39.6. The van der Waals surface area contributed by atoms with Gasteiger partial charge in [0.2, 0.25) is 0 Å². The van der Waals surface area contributed by atoms with Crippen LogP contribution in [0.2, 0.25) is 0 Å². The van der Waals surface area contributed by atoms with Gasteiger partial charge in [0.15, 0.2) is 0 Å². The molecule has 0 atom stereocenters. The summed E-state index contributed by atoms with van der Waals surface area (Å²) in [7, 11) is 0. The van der Waals surface area contributed by atoms with Crippen LogP contribution in [-0.2, 0) is 19.0 Å². The monoisotopic (exact) mass is 585 g/mol. The zero-order chi connectivity index (χ0) is 30.2. The summed E-state index contributed by atoms with van der Waals surface area (Å²) in [6.45, 7) is 2.01. The normalized spacial score (nSPS) is 13.9. The molecule has 1 fully saturated rings. The molecular formula is C35H34F3N3O2. The maximum absolute atomic E-state index is 13.5. The van der Waals surface area contributed by atoms with E-state index in [9.17, 15) is 22.8 Å². The minimum Gasteiger partial charge on any atom is -0.371 e. The maximum atomic E-state index is 13.5. The number of hydrogen-bond acceptors (Lipinski definition) is 3. The van der Waals surface area contributed by atoms with Crippen LogP contribution in [0.4, 0.5) is 24.5 Å². The highest BCUT2D eigenvalue weighted by molar-refractivity contribution is 6.06. The van der Waals surface area contributed by atoms with E-state index in [4.69, 9.17) is 0 Å². The number of halogens is 3. The zero-order valence-corrected chi connectivity index (χ0v) is 23.7. The standard InChI is InChI=1S/C35H34F3N3O2/c36-35(37,38)29-13-7-12-28(23-29)33(42)40-30-14-15-32(31(24-30)34(43)39-19-16-25-8-3-1-4-9-25)41-20-17-27(18-21-41)22-26-10-5-2-6-11-26/h1-15,23-24,27H,16-22H2,(H,39,43)(H,40,42). The highest BCUT2D eigenvalue weighted by Crippen LogP contribution is 2.32. The number of alkyl halides is 3. The first-order valence-corrected chi connectivity index (χ1v) is 14.5. The highest BCUT2D eigenvalue weighted by atomic mass is 19.4. The van der Waals surface area contributed by atoms with Crippen molar-refractivity contribution in [2.75, 3.05) is 29.9 Å². The number of piperidine rings is 1. The quantitative estimate of drug-likeness (QED) is 0.215. The molecule has 1 aliphatic heterocycles. The fourth-order valence-corrected chi connectivity index (χ4v) is 5.50. The molecule has 0 unspecified atom stereocenters. The second-order valence-corrected chi connectivity index (χ2v) is 10.9. The third-order valence-electron chi connectivity index (χ3n) is 7.82. The van der Waals surface area contributed by atoms with Gasteiger partial charge in [0.1, 0.15) is 0 Å². The van der Waals surface area contributed by atoms with Gasteiger partial charge in [0, 0.05) is 36.6 Å². The van der Waals surface area contributed by atoms with Gasteiger partial charge in [-0.1, -0.05) is 66.7 Å². The van der Waals surface area contributed by atoms with Crippen LogP contribution in [0, 0.1) is 5.92 Å². The molecule has 222 valence electrons. The fraction of sp³-hybridized carbons (Fsp3) is 0.257. The van der Waals surface area contributed by atoms with Crippen LogP contribution in [0.1, 0.15) is 50.2 Å². The average molecular weight is 586 g/mol. The van der Waals surface area contributed by atoms with Crippen molar-refractivity contribution in [3.63, 3.8) is 0 Å². The molecule has 0 aliphatic carbocycles. The molecule has 1 aliphatic rings. The summed E-state index contributed by atoms with van der Waals surface area (Å²) in [5.41, 5.74) is 2.92. The Bertz CT molecular complexity index is 1530. The predicted molar refractivity (Wildman–Crippen MR) is 163 cm³/mol. The summed E-state index contributed by atoms with van der Waals surface area (Å²) in [6, 6.07) is 29.7. The number of rotatable bonds is 9. The van der Waals surface area contributed by atoms with E-state index in [1.807, 2.05) is 42.5 Å². The van der Waals surface area contributed by atoms with Gasteiger partial charge in [-0.25, -0.2) is 0 Å². The van der Waals surface area contributed by atoms with Crippen LogP contribution < -0.4 is 15.5 Å². The van der Waals surface area contributed by atoms with Crippen molar-refractivity contribution in [3.8, 4) is 0 Å². The van der Waals surface area contributed by atoms with E-state index in [0.717, 1.165) is 55.7 Å². The molecule has 8 heteroatoms. The lowest BCUT2D eigenvalue weighted by Gasteiger charge is -2.35. The first kappa shape index (κ1) is 29.9. The van der Waals surface area contributed by atoms with Gasteiger partial charge < -0.3 is 15.5 Å². The van der Waals surface area contributed by atoms with Crippen molar-refractivity contribution in [1.82, 2.24) is 5.32 Å². The van der Waals surface area contributed by atoms with Crippen molar-refractivity contribution < 1.29 is 22.8 Å². The maximum Gasteiger partial charge on any atom is 0.416 e. The number of nitrogens with one attached hydrogen (secondary N) is 2. The summed E-state index contributed by atoms with van der Waals surface area (Å²) in [4.78, 5) is 28.6. The minimum atomic E-state index is -4.56. The molecule has 0 saturated carbocycles. The van der Waals surface area contributed by atoms with Gasteiger partial charge >= 0.3 is 6.18 Å². The zero-order valence-electron chi connectivity index (χ0n) is 23.7. The second kappa shape index (κ2) is 13.6. The summed E-state index contributed by atoms with van der Waals surface area (Å²) in [5.74, 6) is -0.406. The SMILES string of the molecule is O=C(Nc1ccc(N2CCC(Cc3ccccc3)CC2)c(C(=O)NCCc2ccccc2)c1)c1cccc(C(F)(F)F)c1. The number of hydrogen-bond donors (Lipinski definition) is 2. The van der Waals surface area contributed by atoms with Crippen LogP contribution >= 0.6 is 0 Å². The van der Waals surface area contributed by atoms with Gasteiger partial charge in [0.25, 0.3) is 11.8 Å². The van der Waals surface area contributed by atoms with Crippen molar-refractivity contribution in [3.05, 3.63) is 131 Å². The Morgan fingerprint density at radius 1 is 0.767 bits per heavy atom. The second-order valence-electron chi connectivity index (χ2n) is 10.9. The molecule has 2 amide bonds. The first-order chi connectivity index (χ1) is 20.8. The smallest absolute Gasteiger partial charge is 0.371 e. The molecule has 0 aromatic heterocycles. The van der Waals surface area contributed by atoms with E-state index in [1.165, 1.54) is 17.7 Å². The fourth-order valence-electron chi connectivity index (χ4n) is 5.50. The molecule has 43 heavy (non-hydrogen) atoms. The van der Waals surface area contributed by atoms with E-state index < -0.39 is 17.6 Å². The van der Waals surface area contributed by atoms with E-state index in [-0.39, 0.29) is 11.5 Å². The third kappa shape index (κ3) is 8.03. The number of anilines is 2. The highest BCUT2D eigenvalue weighted by Gasteiger charge is 2.31. The minimum absolute atomic E-state index is 0.117. The van der Waals surface area contributed by atoms with Crippen LogP contribution in [0.25, 0.3) is 0 Å². The molecule has 1 saturated heterocycles. The molecule has 5 nitrogen and oxygen atoms in total. The Kier molecular flexibility index (Phi) is 9.45. The summed E-state index contributed by atoms with van der Waals surface area (Å²) in [6.07, 6.45) is -0.908. The number of nitrogens with zero attached hydrogens (tertiary/aromatic N) is 1. The van der Waals surface area contributed by atoms with Crippen molar-refractivity contribution in [2.24, 2.45) is 5.92 Å². The lowest BCUT2D eigenvalue weighted by atomic mass is 9.89. The van der Waals surface area contributed by atoms with Gasteiger partial charge in [-0.2, -0.15) is 13.2 Å². The Hall–Kier alpha value is -4.59. The number of benzene rings is 4. The van der Waals surface area contributed by atoms with Crippen LogP contribution in [-0.4, -0.2) is 31.4 Å². The summed E-state index contributed by atoms with van der Waals surface area (Å²) in [5, 5.41) is 5.68. The van der Waals surface area contributed by atoms with Gasteiger partial charge in [-0.05, 0) is 79.1 Å². The van der Waals surface area contributed by atoms with E-state index in [0.29, 0.717) is 30.1 Å². The lowest BCUT2D eigenvalue weighted by molar-refractivity contribution is -0.137. The summed E-state index contributed by atoms with van der Waals surface area (Å²) >= 11 is 0. The molecule has 0 bridgehead atoms. The largest absolute Gasteiger partial charge is 0.416 e. The van der Waals surface area contributed by atoms with Crippen molar-refractivity contribution in [2.45, 2.75) is 31.9 Å². The van der Waals surface area contributed by atoms with Crippen LogP contribution in [0.3, 0.4) is 0 Å². The van der Waals surface area contributed by atoms with Crippen LogP contribution in [0.5, 0.6) is 0 Å². The Balaban J connectivity index is 1.32. The van der Waals surface area contributed by atoms with E-state index >= 15 is 0 Å². The molecule has 0 spiro atoms. The number of carbonyl (C=O) groups is 2. The van der Waals surface area contributed by atoms with Crippen molar-refractivity contribution in [1.29, 1.82) is 0 Å². The van der Waals surface area contributed by atoms with E-state index in [1.54, 1.807) is 12.1 Å². The molecule has 5 rings (SSSR count).